The van der Waals surface area contributed by atoms with Crippen LogP contribution in [0.4, 0.5) is 10.1 Å². The molecule has 9 nitrogen and oxygen atoms in total. The number of ether oxygens (including phenoxy) is 2. The number of nitrogens with one attached hydrogen (secondary N) is 1. The van der Waals surface area contributed by atoms with Crippen LogP contribution in [0.1, 0.15) is 15.9 Å². The Morgan fingerprint density at radius 3 is 2.68 bits per heavy atom. The number of hydrogen-bond donors (Lipinski definition) is 1. The average Bonchev–Trinajstić information content (AvgIpc) is 3.20. The van der Waals surface area contributed by atoms with Crippen LogP contribution in [0, 0.1) is 10.1 Å². The minimum absolute atomic E-state index is 0.0244. The summed E-state index contributed by atoms with van der Waals surface area (Å²) in [6, 6.07) is 11.3. The van der Waals surface area contributed by atoms with Gasteiger partial charge in [-0.3, -0.25) is 20.2 Å². The van der Waals surface area contributed by atoms with Crippen molar-refractivity contribution in [3.63, 3.8) is 0 Å². The molecule has 0 fully saturated rings. The van der Waals surface area contributed by atoms with Gasteiger partial charge in [-0.25, -0.2) is 9.78 Å². The molecule has 12 heteroatoms. The molecular weight excluding hydrogens is 469 g/mol. The normalized spacial score (nSPS) is 10.4. The summed E-state index contributed by atoms with van der Waals surface area (Å²) in [4.78, 5) is 38.1. The van der Waals surface area contributed by atoms with E-state index in [1.54, 1.807) is 36.4 Å². The van der Waals surface area contributed by atoms with E-state index in [0.717, 1.165) is 6.20 Å². The molecule has 2 aromatic carbocycles. The summed E-state index contributed by atoms with van der Waals surface area (Å²) < 4.78 is 10.7. The van der Waals surface area contributed by atoms with Crippen molar-refractivity contribution in [1.82, 2.24) is 4.98 Å². The molecule has 160 valence electrons. The molecule has 0 aliphatic carbocycles. The molecule has 0 radical (unpaired) electrons. The second-order valence-corrected chi connectivity index (χ2v) is 7.76. The molecule has 3 rings (SSSR count). The zero-order valence-electron chi connectivity index (χ0n) is 15.5. The largest absolute Gasteiger partial charge is 0.488 e. The van der Waals surface area contributed by atoms with Gasteiger partial charge in [-0.2, -0.15) is 0 Å². The van der Waals surface area contributed by atoms with E-state index >= 15 is 0 Å². The van der Waals surface area contributed by atoms with Gasteiger partial charge in [0.2, 0.25) is 0 Å². The van der Waals surface area contributed by atoms with Crippen LogP contribution in [0.25, 0.3) is 0 Å². The van der Waals surface area contributed by atoms with Crippen LogP contribution in [-0.2, 0) is 16.1 Å². The van der Waals surface area contributed by atoms with Gasteiger partial charge in [0.25, 0.3) is 5.91 Å². The van der Waals surface area contributed by atoms with E-state index in [0.29, 0.717) is 26.9 Å². The highest BCUT2D eigenvalue weighted by Crippen LogP contribution is 2.26. The molecule has 1 aromatic heterocycles. The van der Waals surface area contributed by atoms with Crippen molar-refractivity contribution in [3.05, 3.63) is 79.9 Å². The van der Waals surface area contributed by atoms with E-state index in [1.165, 1.54) is 6.07 Å². The predicted molar refractivity (Wildman–Crippen MR) is 115 cm³/mol. The molecule has 0 saturated carbocycles. The van der Waals surface area contributed by atoms with Crippen molar-refractivity contribution in [2.45, 2.75) is 6.61 Å². The van der Waals surface area contributed by atoms with Crippen molar-refractivity contribution in [2.75, 3.05) is 11.9 Å². The van der Waals surface area contributed by atoms with Crippen molar-refractivity contribution >= 4 is 56.5 Å². The van der Waals surface area contributed by atoms with Crippen LogP contribution in [0.3, 0.4) is 0 Å². The zero-order valence-corrected chi connectivity index (χ0v) is 17.9. The molecular formula is C19H13Cl2N3O6S. The standard InChI is InChI=1S/C19H13Cl2N3O6S/c20-12-6-5-11(14(21)7-12)9-29-15-4-2-1-3-13(15)18(26)30-10-16(25)23-19-22-8-17(31-19)24(27)28/h1-8H,9-10H2,(H,22,23,25). The lowest BCUT2D eigenvalue weighted by atomic mass is 10.2. The van der Waals surface area contributed by atoms with Gasteiger partial charge in [0.1, 0.15) is 24.1 Å². The molecule has 31 heavy (non-hydrogen) atoms. The third kappa shape index (κ3) is 6.14. The Morgan fingerprint density at radius 1 is 1.19 bits per heavy atom. The number of esters is 1. The molecule has 3 aromatic rings. The summed E-state index contributed by atoms with van der Waals surface area (Å²) in [7, 11) is 0. The third-order valence-electron chi connectivity index (χ3n) is 3.76. The molecule has 0 aliphatic rings. The minimum Gasteiger partial charge on any atom is -0.488 e. The van der Waals surface area contributed by atoms with Crippen LogP contribution in [0.2, 0.25) is 10.0 Å². The first-order chi connectivity index (χ1) is 14.8. The Hall–Kier alpha value is -3.21. The molecule has 0 atom stereocenters. The first-order valence-corrected chi connectivity index (χ1v) is 10.1. The van der Waals surface area contributed by atoms with E-state index in [4.69, 9.17) is 32.7 Å². The fraction of sp³-hybridized carbons (Fsp3) is 0.105. The summed E-state index contributed by atoms with van der Waals surface area (Å²) in [5.74, 6) is -1.23. The summed E-state index contributed by atoms with van der Waals surface area (Å²) in [5, 5.41) is 13.7. The number of halogens is 2. The van der Waals surface area contributed by atoms with E-state index in [-0.39, 0.29) is 28.1 Å². The number of anilines is 1. The van der Waals surface area contributed by atoms with E-state index in [9.17, 15) is 19.7 Å². The number of rotatable bonds is 8. The number of nitrogens with zero attached hydrogens (tertiary/aromatic N) is 2. The first kappa shape index (κ1) is 22.5. The fourth-order valence-electron chi connectivity index (χ4n) is 2.33. The molecule has 0 unspecified atom stereocenters. The molecule has 1 amide bonds. The zero-order chi connectivity index (χ0) is 22.4. The molecule has 0 bridgehead atoms. The van der Waals surface area contributed by atoms with Crippen LogP contribution in [0.5, 0.6) is 5.75 Å². The van der Waals surface area contributed by atoms with Gasteiger partial charge in [0, 0.05) is 15.6 Å². The summed E-state index contributed by atoms with van der Waals surface area (Å²) in [6.07, 6.45) is 1.02. The Bertz CT molecular complexity index is 1140. The predicted octanol–water partition coefficient (Wildman–Crippen LogP) is 4.73. The number of carbonyl (C=O) groups is 2. The second-order valence-electron chi connectivity index (χ2n) is 5.91. The fourth-order valence-corrected chi connectivity index (χ4v) is 3.44. The van der Waals surface area contributed by atoms with Crippen molar-refractivity contribution in [2.24, 2.45) is 0 Å². The van der Waals surface area contributed by atoms with Gasteiger partial charge in [-0.15, -0.1) is 0 Å². The van der Waals surface area contributed by atoms with E-state index in [2.05, 4.69) is 10.3 Å². The average molecular weight is 482 g/mol. The highest BCUT2D eigenvalue weighted by molar-refractivity contribution is 7.18. The van der Waals surface area contributed by atoms with Crippen molar-refractivity contribution in [3.8, 4) is 5.75 Å². The Morgan fingerprint density at radius 2 is 1.97 bits per heavy atom. The van der Waals surface area contributed by atoms with Crippen LogP contribution in [-0.4, -0.2) is 28.4 Å². The maximum atomic E-state index is 12.4. The molecule has 1 N–H and O–H groups in total. The Labute approximate surface area is 189 Å². The maximum Gasteiger partial charge on any atom is 0.345 e. The number of aromatic nitrogens is 1. The topological polar surface area (TPSA) is 121 Å². The molecule has 1 heterocycles. The monoisotopic (exact) mass is 481 g/mol. The SMILES string of the molecule is O=C(COC(=O)c1ccccc1OCc1ccc(Cl)cc1Cl)Nc1ncc([N+](=O)[O-])s1. The van der Waals surface area contributed by atoms with Gasteiger partial charge in [0.05, 0.1) is 4.92 Å². The second kappa shape index (κ2) is 10.2. The molecule has 0 saturated heterocycles. The third-order valence-corrected chi connectivity index (χ3v) is 5.21. The smallest absolute Gasteiger partial charge is 0.345 e. The van der Waals surface area contributed by atoms with Crippen LogP contribution < -0.4 is 10.1 Å². The minimum atomic E-state index is -0.780. The van der Waals surface area contributed by atoms with Crippen LogP contribution >= 0.6 is 34.5 Å². The van der Waals surface area contributed by atoms with Gasteiger partial charge >= 0.3 is 11.0 Å². The van der Waals surface area contributed by atoms with Gasteiger partial charge in [-0.05, 0) is 35.6 Å². The van der Waals surface area contributed by atoms with Crippen LogP contribution in [0.15, 0.2) is 48.7 Å². The lowest BCUT2D eigenvalue weighted by Gasteiger charge is -2.12. The molecule has 0 spiro atoms. The van der Waals surface area contributed by atoms with Gasteiger partial charge < -0.3 is 9.47 Å². The maximum absolute atomic E-state index is 12.4. The van der Waals surface area contributed by atoms with Gasteiger partial charge in [0.15, 0.2) is 11.7 Å². The Kier molecular flexibility index (Phi) is 7.40. The number of thiazole rings is 1. The molecule has 0 aliphatic heterocycles. The van der Waals surface area contributed by atoms with Crippen molar-refractivity contribution in [1.29, 1.82) is 0 Å². The highest BCUT2D eigenvalue weighted by atomic mass is 35.5. The number of para-hydroxylation sites is 1. The number of amides is 1. The first-order valence-electron chi connectivity index (χ1n) is 8.56. The summed E-state index contributed by atoms with van der Waals surface area (Å²) >= 11 is 12.7. The lowest BCUT2D eigenvalue weighted by molar-refractivity contribution is -0.380. The number of nitro groups is 1. The van der Waals surface area contributed by atoms with E-state index < -0.39 is 23.4 Å². The number of hydrogen-bond acceptors (Lipinski definition) is 8. The number of carbonyl (C=O) groups excluding carboxylic acids is 2. The Balaban J connectivity index is 1.58. The van der Waals surface area contributed by atoms with Gasteiger partial charge in [-0.1, -0.05) is 41.4 Å². The van der Waals surface area contributed by atoms with Crippen molar-refractivity contribution < 1.29 is 24.0 Å². The lowest BCUT2D eigenvalue weighted by Crippen LogP contribution is -2.21. The number of benzene rings is 2. The quantitative estimate of drug-likeness (QED) is 0.280. The van der Waals surface area contributed by atoms with E-state index in [1.807, 2.05) is 0 Å². The summed E-state index contributed by atoms with van der Waals surface area (Å²) in [6.45, 7) is -0.521. The summed E-state index contributed by atoms with van der Waals surface area (Å²) in [5.41, 5.74) is 0.788. The highest BCUT2D eigenvalue weighted by Gasteiger charge is 2.18.